The van der Waals surface area contributed by atoms with Crippen LogP contribution in [0.25, 0.3) is 0 Å². The number of anilines is 2. The van der Waals surface area contributed by atoms with Gasteiger partial charge in [0.2, 0.25) is 0 Å². The minimum Gasteiger partial charge on any atom is -0.388 e. The molecule has 0 spiro atoms. The Kier molecular flexibility index (Phi) is 7.87. The number of hydrogen-bond acceptors (Lipinski definition) is 3. The lowest BCUT2D eigenvalue weighted by Gasteiger charge is -2.19. The number of amides is 1. The third-order valence-electron chi connectivity index (χ3n) is 3.75. The Hall–Kier alpha value is -1.82. The zero-order valence-electron chi connectivity index (χ0n) is 15.1. The highest BCUT2D eigenvalue weighted by molar-refractivity contribution is 7.80. The van der Waals surface area contributed by atoms with E-state index in [1.807, 2.05) is 25.2 Å². The first kappa shape index (κ1) is 22.2. The van der Waals surface area contributed by atoms with E-state index in [1.165, 1.54) is 5.56 Å². The summed E-state index contributed by atoms with van der Waals surface area (Å²) in [4.78, 5) is 12.3. The molecule has 0 unspecified atom stereocenters. The maximum Gasteiger partial charge on any atom is 0.257 e. The molecule has 0 aliphatic rings. The molecule has 2 aromatic carbocycles. The Balaban J connectivity index is 0.00000338. The lowest BCUT2D eigenvalue weighted by atomic mass is 9.87. The molecule has 0 aliphatic carbocycles. The summed E-state index contributed by atoms with van der Waals surface area (Å²) in [6.45, 7) is 6.39. The number of rotatable bonds is 3. The van der Waals surface area contributed by atoms with Crippen LogP contribution < -0.4 is 16.0 Å². The minimum absolute atomic E-state index is 0. The molecule has 2 rings (SSSR count). The molecule has 26 heavy (non-hydrogen) atoms. The van der Waals surface area contributed by atoms with Crippen LogP contribution in [0.15, 0.2) is 42.5 Å². The molecule has 2 aromatic rings. The van der Waals surface area contributed by atoms with Gasteiger partial charge in [-0.3, -0.25) is 10.1 Å². The highest BCUT2D eigenvalue weighted by atomic mass is 35.5. The van der Waals surface area contributed by atoms with Crippen LogP contribution in [0.5, 0.6) is 0 Å². The topological polar surface area (TPSA) is 53.2 Å². The smallest absolute Gasteiger partial charge is 0.257 e. The number of halogens is 2. The number of benzene rings is 2. The van der Waals surface area contributed by atoms with Crippen LogP contribution in [0.2, 0.25) is 5.02 Å². The first-order valence-electron chi connectivity index (χ1n) is 7.91. The normalized spacial score (nSPS) is 10.5. The molecular formula is C19H23Cl2N3OS. The third kappa shape index (κ3) is 5.87. The number of carbonyl (C=O) groups excluding carboxylic acids is 1. The molecule has 4 nitrogen and oxygen atoms in total. The van der Waals surface area contributed by atoms with Crippen molar-refractivity contribution in [2.75, 3.05) is 17.7 Å². The van der Waals surface area contributed by atoms with Crippen LogP contribution in [0.4, 0.5) is 11.4 Å². The van der Waals surface area contributed by atoms with Gasteiger partial charge in [0.1, 0.15) is 0 Å². The average molecular weight is 412 g/mol. The molecule has 0 saturated carbocycles. The molecule has 0 saturated heterocycles. The Bertz CT molecular complexity index is 786. The molecule has 140 valence electrons. The SMILES string of the molecule is CNc1ccc(NC(=S)NC(=O)c2ccc(C(C)(C)C)cc2)c(Cl)c1.Cl. The van der Waals surface area contributed by atoms with Gasteiger partial charge in [-0.25, -0.2) is 0 Å². The van der Waals surface area contributed by atoms with Crippen LogP contribution >= 0.6 is 36.2 Å². The fraction of sp³-hybridized carbons (Fsp3) is 0.263. The van der Waals surface area contributed by atoms with Gasteiger partial charge >= 0.3 is 0 Å². The standard InChI is InChI=1S/C19H22ClN3OS.ClH/c1-19(2,3)13-7-5-12(6-8-13)17(24)23-18(25)22-16-10-9-14(21-4)11-15(16)20;/h5-11,21H,1-4H3,(H2,22,23,24,25);1H. The van der Waals surface area contributed by atoms with Crippen molar-refractivity contribution in [3.05, 3.63) is 58.6 Å². The van der Waals surface area contributed by atoms with Crippen LogP contribution in [-0.4, -0.2) is 18.1 Å². The third-order valence-corrected chi connectivity index (χ3v) is 4.26. The van der Waals surface area contributed by atoms with Gasteiger partial charge in [0, 0.05) is 18.3 Å². The van der Waals surface area contributed by atoms with Gasteiger partial charge in [0.15, 0.2) is 5.11 Å². The van der Waals surface area contributed by atoms with E-state index >= 15 is 0 Å². The highest BCUT2D eigenvalue weighted by Gasteiger charge is 2.15. The van der Waals surface area contributed by atoms with Crippen molar-refractivity contribution < 1.29 is 4.79 Å². The van der Waals surface area contributed by atoms with Crippen LogP contribution in [-0.2, 0) is 5.41 Å². The molecule has 0 atom stereocenters. The predicted octanol–water partition coefficient (Wildman–Crippen LogP) is 5.23. The quantitative estimate of drug-likeness (QED) is 0.605. The molecule has 0 aromatic heterocycles. The number of nitrogens with one attached hydrogen (secondary N) is 3. The zero-order chi connectivity index (χ0) is 18.6. The fourth-order valence-electron chi connectivity index (χ4n) is 2.22. The van der Waals surface area contributed by atoms with E-state index in [-0.39, 0.29) is 28.8 Å². The summed E-state index contributed by atoms with van der Waals surface area (Å²) >= 11 is 11.4. The average Bonchev–Trinajstić information content (AvgIpc) is 2.56. The largest absolute Gasteiger partial charge is 0.388 e. The second-order valence-electron chi connectivity index (χ2n) is 6.68. The van der Waals surface area contributed by atoms with Crippen molar-refractivity contribution in [2.24, 2.45) is 0 Å². The van der Waals surface area contributed by atoms with Gasteiger partial charge in [0.25, 0.3) is 5.91 Å². The van der Waals surface area contributed by atoms with Gasteiger partial charge in [-0.15, -0.1) is 12.4 Å². The lowest BCUT2D eigenvalue weighted by molar-refractivity contribution is 0.0977. The van der Waals surface area contributed by atoms with Crippen molar-refractivity contribution in [3.63, 3.8) is 0 Å². The van der Waals surface area contributed by atoms with Gasteiger partial charge in [-0.05, 0) is 53.5 Å². The summed E-state index contributed by atoms with van der Waals surface area (Å²) in [5, 5.41) is 9.32. The Morgan fingerprint density at radius 3 is 2.19 bits per heavy atom. The van der Waals surface area contributed by atoms with Crippen molar-refractivity contribution in [1.82, 2.24) is 5.32 Å². The van der Waals surface area contributed by atoms with E-state index in [4.69, 9.17) is 23.8 Å². The lowest BCUT2D eigenvalue weighted by Crippen LogP contribution is -2.34. The summed E-state index contributed by atoms with van der Waals surface area (Å²) < 4.78 is 0. The molecule has 0 bridgehead atoms. The molecule has 0 aliphatic heterocycles. The predicted molar refractivity (Wildman–Crippen MR) is 117 cm³/mol. The van der Waals surface area contributed by atoms with Crippen LogP contribution in [0.1, 0.15) is 36.7 Å². The number of thiocarbonyl (C=S) groups is 1. The van der Waals surface area contributed by atoms with Crippen LogP contribution in [0.3, 0.4) is 0 Å². The molecule has 7 heteroatoms. The maximum absolute atomic E-state index is 12.3. The molecule has 0 fully saturated rings. The summed E-state index contributed by atoms with van der Waals surface area (Å²) in [6.07, 6.45) is 0. The molecular weight excluding hydrogens is 389 g/mol. The van der Waals surface area contributed by atoms with E-state index in [9.17, 15) is 4.79 Å². The van der Waals surface area contributed by atoms with E-state index in [2.05, 4.69) is 36.7 Å². The second kappa shape index (κ2) is 9.21. The monoisotopic (exact) mass is 411 g/mol. The summed E-state index contributed by atoms with van der Waals surface area (Å²) in [7, 11) is 1.81. The van der Waals surface area contributed by atoms with E-state index < -0.39 is 0 Å². The van der Waals surface area contributed by atoms with Gasteiger partial charge < -0.3 is 10.6 Å². The van der Waals surface area contributed by atoms with Gasteiger partial charge in [-0.2, -0.15) is 0 Å². The van der Waals surface area contributed by atoms with E-state index in [1.54, 1.807) is 24.3 Å². The maximum atomic E-state index is 12.3. The molecule has 3 N–H and O–H groups in total. The van der Waals surface area contributed by atoms with E-state index in [0.29, 0.717) is 16.3 Å². The minimum atomic E-state index is -0.263. The first-order chi connectivity index (χ1) is 11.7. The molecule has 1 amide bonds. The summed E-state index contributed by atoms with van der Waals surface area (Å²) in [6, 6.07) is 13.0. The van der Waals surface area contributed by atoms with Crippen molar-refractivity contribution in [3.8, 4) is 0 Å². The van der Waals surface area contributed by atoms with Crippen LogP contribution in [0, 0.1) is 0 Å². The zero-order valence-corrected chi connectivity index (χ0v) is 17.5. The van der Waals surface area contributed by atoms with E-state index in [0.717, 1.165) is 5.69 Å². The molecule has 0 heterocycles. The Morgan fingerprint density at radius 2 is 1.69 bits per heavy atom. The number of hydrogen-bond donors (Lipinski definition) is 3. The summed E-state index contributed by atoms with van der Waals surface area (Å²) in [5.74, 6) is -0.263. The second-order valence-corrected chi connectivity index (χ2v) is 7.50. The van der Waals surface area contributed by atoms with Gasteiger partial charge in [-0.1, -0.05) is 44.5 Å². The van der Waals surface area contributed by atoms with Crippen molar-refractivity contribution >= 4 is 58.6 Å². The summed E-state index contributed by atoms with van der Waals surface area (Å²) in [5.41, 5.74) is 3.29. The highest BCUT2D eigenvalue weighted by Crippen LogP contribution is 2.25. The Labute approximate surface area is 171 Å². The number of carbonyl (C=O) groups is 1. The van der Waals surface area contributed by atoms with Gasteiger partial charge in [0.05, 0.1) is 10.7 Å². The van der Waals surface area contributed by atoms with Crippen molar-refractivity contribution in [2.45, 2.75) is 26.2 Å². The first-order valence-corrected chi connectivity index (χ1v) is 8.69. The Morgan fingerprint density at radius 1 is 1.08 bits per heavy atom. The van der Waals surface area contributed by atoms with Crippen molar-refractivity contribution in [1.29, 1.82) is 0 Å². The molecule has 0 radical (unpaired) electrons. The fourth-order valence-corrected chi connectivity index (χ4v) is 2.65.